The van der Waals surface area contributed by atoms with Crippen LogP contribution in [0.3, 0.4) is 0 Å². The molecule has 2 aromatic rings. The number of nitrogens with zero attached hydrogens (tertiary/aromatic N) is 3. The number of ether oxygens (including phenoxy) is 2. The number of likely N-dealkylation sites (N-methyl/N-ethyl adjacent to an activating group) is 1. The number of hydrogen-bond donors (Lipinski definition) is 0. The van der Waals surface area contributed by atoms with Crippen LogP contribution < -0.4 is 4.90 Å². The number of hydrogen-bond acceptors (Lipinski definition) is 8. The van der Waals surface area contributed by atoms with Gasteiger partial charge in [-0.2, -0.15) is 0 Å². The minimum absolute atomic E-state index is 0.0533. The topological polar surface area (TPSA) is 129 Å². The highest BCUT2D eigenvalue weighted by molar-refractivity contribution is 6.15. The molecule has 0 fully saturated rings. The summed E-state index contributed by atoms with van der Waals surface area (Å²) in [4.78, 5) is 56.5. The van der Waals surface area contributed by atoms with Crippen LogP contribution in [0.4, 0.5) is 11.4 Å². The van der Waals surface area contributed by atoms with E-state index in [-0.39, 0.29) is 30.2 Å². The number of nitro groups is 1. The van der Waals surface area contributed by atoms with Gasteiger partial charge in [-0.25, -0.2) is 4.98 Å². The number of pyridine rings is 1. The maximum absolute atomic E-state index is 13.8. The van der Waals surface area contributed by atoms with Crippen LogP contribution in [0, 0.1) is 22.0 Å². The molecular formula is C24H23N3O7. The largest absolute Gasteiger partial charge is 0.466 e. The number of fused-ring (bicyclic) bond motifs is 2. The number of carbonyl (C=O) groups is 3. The van der Waals surface area contributed by atoms with Crippen molar-refractivity contribution in [3.8, 4) is 0 Å². The number of benzene rings is 1. The fourth-order valence-corrected chi connectivity index (χ4v) is 4.87. The highest BCUT2D eigenvalue weighted by Gasteiger charge is 2.65. The van der Waals surface area contributed by atoms with E-state index in [9.17, 15) is 24.5 Å². The number of para-hydroxylation sites is 1. The molecule has 0 radical (unpaired) electrons. The molecule has 1 amide bonds. The molecule has 2 aliphatic rings. The van der Waals surface area contributed by atoms with Crippen LogP contribution >= 0.6 is 0 Å². The fourth-order valence-electron chi connectivity index (χ4n) is 4.87. The Labute approximate surface area is 195 Å². The molecule has 176 valence electrons. The van der Waals surface area contributed by atoms with Crippen LogP contribution in [0.25, 0.3) is 5.57 Å². The van der Waals surface area contributed by atoms with E-state index < -0.39 is 40.0 Å². The zero-order valence-electron chi connectivity index (χ0n) is 18.9. The molecule has 1 spiro atoms. The Morgan fingerprint density at radius 2 is 1.79 bits per heavy atom. The minimum atomic E-state index is -1.52. The van der Waals surface area contributed by atoms with Gasteiger partial charge in [0, 0.05) is 18.8 Å². The van der Waals surface area contributed by atoms with E-state index in [0.717, 1.165) is 6.20 Å². The SMILES string of the molecule is CCOC(=O)[C@@H]1C(c2ccc([N+](=O)[O-])cn2)=C[C@]2(C(=O)N(C)c3ccccc32)[C@H]1C(=O)OCC. The van der Waals surface area contributed by atoms with Crippen molar-refractivity contribution in [3.05, 3.63) is 70.0 Å². The third-order valence-corrected chi connectivity index (χ3v) is 6.25. The number of carbonyl (C=O) groups excluding carboxylic acids is 3. The van der Waals surface area contributed by atoms with Crippen molar-refractivity contribution in [2.75, 3.05) is 25.2 Å². The van der Waals surface area contributed by atoms with Crippen LogP contribution in [0.1, 0.15) is 25.1 Å². The third-order valence-electron chi connectivity index (χ3n) is 6.25. The molecule has 0 bridgehead atoms. The van der Waals surface area contributed by atoms with Crippen molar-refractivity contribution in [2.45, 2.75) is 19.3 Å². The van der Waals surface area contributed by atoms with Crippen molar-refractivity contribution >= 4 is 34.8 Å². The summed E-state index contributed by atoms with van der Waals surface area (Å²) in [6, 6.07) is 9.69. The fraction of sp³-hybridized carbons (Fsp3) is 0.333. The molecule has 0 saturated carbocycles. The summed E-state index contributed by atoms with van der Waals surface area (Å²) in [5.74, 6) is -4.25. The molecule has 1 aromatic carbocycles. The second-order valence-corrected chi connectivity index (χ2v) is 7.97. The van der Waals surface area contributed by atoms with E-state index in [0.29, 0.717) is 11.3 Å². The summed E-state index contributed by atoms with van der Waals surface area (Å²) in [6.07, 6.45) is 2.65. The summed E-state index contributed by atoms with van der Waals surface area (Å²) in [7, 11) is 1.60. The van der Waals surface area contributed by atoms with Gasteiger partial charge < -0.3 is 14.4 Å². The zero-order chi connectivity index (χ0) is 24.6. The van der Waals surface area contributed by atoms with Crippen molar-refractivity contribution in [1.29, 1.82) is 0 Å². The van der Waals surface area contributed by atoms with Gasteiger partial charge in [-0.3, -0.25) is 24.5 Å². The number of anilines is 1. The van der Waals surface area contributed by atoms with E-state index in [2.05, 4.69) is 4.98 Å². The average Bonchev–Trinajstić information content (AvgIpc) is 3.30. The van der Waals surface area contributed by atoms with Gasteiger partial charge in [0.05, 0.1) is 35.7 Å². The van der Waals surface area contributed by atoms with E-state index in [1.54, 1.807) is 51.2 Å². The second-order valence-electron chi connectivity index (χ2n) is 7.97. The quantitative estimate of drug-likeness (QED) is 0.362. The van der Waals surface area contributed by atoms with Crippen LogP contribution in [0.2, 0.25) is 0 Å². The maximum Gasteiger partial charge on any atom is 0.314 e. The summed E-state index contributed by atoms with van der Waals surface area (Å²) in [5, 5.41) is 11.1. The normalized spacial score (nSPS) is 23.0. The molecular weight excluding hydrogens is 442 g/mol. The summed E-state index contributed by atoms with van der Waals surface area (Å²) in [5.41, 5.74) is -0.0630. The van der Waals surface area contributed by atoms with Gasteiger partial charge >= 0.3 is 11.9 Å². The van der Waals surface area contributed by atoms with E-state index in [4.69, 9.17) is 9.47 Å². The van der Waals surface area contributed by atoms with E-state index in [1.165, 1.54) is 17.0 Å². The molecule has 1 aromatic heterocycles. The van der Waals surface area contributed by atoms with E-state index >= 15 is 0 Å². The zero-order valence-corrected chi connectivity index (χ0v) is 18.9. The van der Waals surface area contributed by atoms with Gasteiger partial charge in [-0.1, -0.05) is 24.3 Å². The third kappa shape index (κ3) is 3.33. The van der Waals surface area contributed by atoms with E-state index in [1.807, 2.05) is 0 Å². The molecule has 3 atom stereocenters. The number of amides is 1. The Hall–Kier alpha value is -4.08. The predicted octanol–water partition coefficient (Wildman–Crippen LogP) is 2.66. The standard InChI is InChI=1S/C24H23N3O7/c1-4-33-21(28)19-15(17-11-10-14(13-25-17)27(31)32)12-24(20(19)22(29)34-5-2)16-8-6-7-9-18(16)26(3)23(24)30/h6-13,19-20H,4-5H2,1-3H3/t19-,20-,24-/m1/s1. The van der Waals surface area contributed by atoms with Crippen LogP contribution in [0.15, 0.2) is 48.7 Å². The van der Waals surface area contributed by atoms with Crippen molar-refractivity contribution < 1.29 is 28.8 Å². The lowest BCUT2D eigenvalue weighted by Crippen LogP contribution is -2.48. The molecule has 0 saturated heterocycles. The second kappa shape index (κ2) is 8.69. The van der Waals surface area contributed by atoms with Gasteiger partial charge in [0.25, 0.3) is 5.69 Å². The Balaban J connectivity index is 1.99. The predicted molar refractivity (Wildman–Crippen MR) is 121 cm³/mol. The van der Waals surface area contributed by atoms with Gasteiger partial charge in [0.15, 0.2) is 0 Å². The van der Waals surface area contributed by atoms with Crippen LogP contribution in [-0.4, -0.2) is 48.0 Å². The Kier molecular flexibility index (Phi) is 5.90. The Morgan fingerprint density at radius 3 is 2.41 bits per heavy atom. The van der Waals surface area contributed by atoms with Crippen molar-refractivity contribution in [1.82, 2.24) is 4.98 Å². The molecule has 34 heavy (non-hydrogen) atoms. The number of esters is 2. The van der Waals surface area contributed by atoms with Gasteiger partial charge in [-0.15, -0.1) is 0 Å². The smallest absolute Gasteiger partial charge is 0.314 e. The first-order valence-corrected chi connectivity index (χ1v) is 10.8. The number of aromatic nitrogens is 1. The average molecular weight is 465 g/mol. The first-order valence-electron chi connectivity index (χ1n) is 10.8. The van der Waals surface area contributed by atoms with Gasteiger partial charge in [0.1, 0.15) is 11.6 Å². The number of rotatable bonds is 6. The lowest BCUT2D eigenvalue weighted by atomic mass is 9.70. The molecule has 10 nitrogen and oxygen atoms in total. The molecule has 1 aliphatic carbocycles. The van der Waals surface area contributed by atoms with Gasteiger partial charge in [0.2, 0.25) is 5.91 Å². The maximum atomic E-state index is 13.8. The minimum Gasteiger partial charge on any atom is -0.466 e. The Bertz CT molecular complexity index is 1210. The first-order chi connectivity index (χ1) is 16.3. The van der Waals surface area contributed by atoms with Crippen molar-refractivity contribution in [2.24, 2.45) is 11.8 Å². The molecule has 4 rings (SSSR count). The molecule has 0 unspecified atom stereocenters. The Morgan fingerprint density at radius 1 is 1.12 bits per heavy atom. The molecule has 0 N–H and O–H groups in total. The molecule has 10 heteroatoms. The summed E-state index contributed by atoms with van der Waals surface area (Å²) in [6.45, 7) is 3.39. The molecule has 1 aliphatic heterocycles. The highest BCUT2D eigenvalue weighted by atomic mass is 16.6. The summed E-state index contributed by atoms with van der Waals surface area (Å²) >= 11 is 0. The van der Waals surface area contributed by atoms with Crippen molar-refractivity contribution in [3.63, 3.8) is 0 Å². The van der Waals surface area contributed by atoms with Crippen LogP contribution in [0.5, 0.6) is 0 Å². The lowest BCUT2D eigenvalue weighted by molar-refractivity contribution is -0.385. The first kappa shape index (κ1) is 23.1. The highest BCUT2D eigenvalue weighted by Crippen LogP contribution is 2.57. The lowest BCUT2D eigenvalue weighted by Gasteiger charge is -2.30. The van der Waals surface area contributed by atoms with Crippen LogP contribution in [-0.2, 0) is 29.3 Å². The molecule has 2 heterocycles. The van der Waals surface area contributed by atoms with Gasteiger partial charge in [-0.05, 0) is 37.1 Å². The summed E-state index contributed by atoms with van der Waals surface area (Å²) < 4.78 is 10.6. The monoisotopic (exact) mass is 465 g/mol.